The number of nitrogens with one attached hydrogen (secondary N) is 1. The average Bonchev–Trinajstić information content (AvgIpc) is 3.18. The topological polar surface area (TPSA) is 98.0 Å². The minimum atomic E-state index is -5.19. The van der Waals surface area contributed by atoms with Gasteiger partial charge in [0.1, 0.15) is 17.4 Å². The van der Waals surface area contributed by atoms with Crippen LogP contribution in [0.3, 0.4) is 0 Å². The lowest BCUT2D eigenvalue weighted by molar-refractivity contribution is -0.344. The molecule has 0 unspecified atom stereocenters. The second kappa shape index (κ2) is 12.2. The Morgan fingerprint density at radius 3 is 2.20 bits per heavy atom. The molecule has 1 N–H and O–H groups in total. The van der Waals surface area contributed by atoms with Gasteiger partial charge in [-0.15, -0.1) is 0 Å². The fourth-order valence-electron chi connectivity index (χ4n) is 3.90. The summed E-state index contributed by atoms with van der Waals surface area (Å²) in [4.78, 5) is 22.1. The van der Waals surface area contributed by atoms with Gasteiger partial charge in [-0.3, -0.25) is 9.28 Å². The number of nitrogens with zero attached hydrogens (tertiary/aromatic N) is 3. The number of nitriles is 1. The quantitative estimate of drug-likeness (QED) is 0.342. The zero-order valence-electron chi connectivity index (χ0n) is 21.9. The number of carbonyl (C=O) groups excluding carboxylic acids is 2. The summed E-state index contributed by atoms with van der Waals surface area (Å²) in [5.41, 5.74) is 5.01. The van der Waals surface area contributed by atoms with Crippen molar-refractivity contribution in [3.05, 3.63) is 100 Å². The van der Waals surface area contributed by atoms with E-state index in [9.17, 15) is 23.2 Å². The molecule has 0 fully saturated rings. The lowest BCUT2D eigenvalue weighted by Crippen LogP contribution is -2.37. The van der Waals surface area contributed by atoms with E-state index in [2.05, 4.69) is 44.7 Å². The van der Waals surface area contributed by atoms with Gasteiger partial charge in [0, 0.05) is 18.5 Å². The number of alkyl halides is 3. The van der Waals surface area contributed by atoms with Crippen molar-refractivity contribution in [2.24, 2.45) is 0 Å². The molecule has 40 heavy (non-hydrogen) atoms. The smallest absolute Gasteiger partial charge is 0.430 e. The van der Waals surface area contributed by atoms with Crippen LogP contribution in [0.2, 0.25) is 5.02 Å². The van der Waals surface area contributed by atoms with Gasteiger partial charge in [-0.25, -0.2) is 0 Å². The average molecular weight is 571 g/mol. The van der Waals surface area contributed by atoms with Gasteiger partial charge in [0.2, 0.25) is 0 Å². The van der Waals surface area contributed by atoms with Gasteiger partial charge in [0.15, 0.2) is 0 Å². The molecule has 0 spiro atoms. The molecule has 4 rings (SSSR count). The Balaban J connectivity index is 0.000000559. The maximum absolute atomic E-state index is 13.3. The van der Waals surface area contributed by atoms with Crippen LogP contribution in [0.4, 0.5) is 18.9 Å². The molecule has 0 atom stereocenters. The lowest BCUT2D eigenvalue weighted by Gasteiger charge is -2.23. The summed E-state index contributed by atoms with van der Waals surface area (Å²) >= 11 is 6.70. The van der Waals surface area contributed by atoms with Crippen LogP contribution < -0.4 is 14.9 Å². The van der Waals surface area contributed by atoms with Crippen LogP contribution in [-0.2, 0) is 17.9 Å². The SMILES string of the molecule is C[N+](C)(C)c1ccc(CNC(=O)c2c(Cl)c3ccccc3n2Cc2cccc(C#N)c2)cc1.O=C([O-])C(F)(F)F. The highest BCUT2D eigenvalue weighted by Crippen LogP contribution is 2.31. The van der Waals surface area contributed by atoms with Crippen molar-refractivity contribution in [1.82, 2.24) is 14.4 Å². The van der Waals surface area contributed by atoms with Crippen molar-refractivity contribution in [3.8, 4) is 6.07 Å². The van der Waals surface area contributed by atoms with Gasteiger partial charge in [0.05, 0.1) is 43.3 Å². The molecule has 1 aromatic heterocycles. The highest BCUT2D eigenvalue weighted by Gasteiger charge is 2.28. The van der Waals surface area contributed by atoms with Crippen molar-refractivity contribution in [2.45, 2.75) is 19.3 Å². The molecule has 7 nitrogen and oxygen atoms in total. The number of aromatic nitrogens is 1. The Labute approximate surface area is 234 Å². The van der Waals surface area contributed by atoms with E-state index < -0.39 is 12.1 Å². The number of carboxylic acid groups (broad SMARTS) is 1. The summed E-state index contributed by atoms with van der Waals surface area (Å²) in [6.45, 7) is 0.835. The van der Waals surface area contributed by atoms with Gasteiger partial charge >= 0.3 is 6.18 Å². The van der Waals surface area contributed by atoms with Gasteiger partial charge < -0.3 is 19.8 Å². The van der Waals surface area contributed by atoms with E-state index >= 15 is 0 Å². The number of rotatable bonds is 6. The van der Waals surface area contributed by atoms with E-state index in [0.29, 0.717) is 29.4 Å². The first-order chi connectivity index (χ1) is 18.7. The highest BCUT2D eigenvalue weighted by molar-refractivity contribution is 6.38. The summed E-state index contributed by atoms with van der Waals surface area (Å²) in [7, 11) is 6.34. The number of carboxylic acids is 1. The van der Waals surface area contributed by atoms with Crippen LogP contribution in [0, 0.1) is 11.3 Å². The van der Waals surface area contributed by atoms with Gasteiger partial charge in [-0.1, -0.05) is 54.1 Å². The van der Waals surface area contributed by atoms with E-state index in [4.69, 9.17) is 21.5 Å². The van der Waals surface area contributed by atoms with Crippen LogP contribution >= 0.6 is 11.6 Å². The standard InChI is InChI=1S/C27H25ClN4O.C2HF3O2/c1-32(2,3)22-13-11-19(12-14-22)17-30-27(33)26-25(28)23-9-4-5-10-24(23)31(26)18-21-8-6-7-20(15-21)16-29;3-2(4,5)1(6)7/h4-15H,17-18H2,1-3H3;(H,6,7). The second-order valence-electron chi connectivity index (χ2n) is 9.72. The third-order valence-electron chi connectivity index (χ3n) is 5.92. The molecule has 1 amide bonds. The summed E-state index contributed by atoms with van der Waals surface area (Å²) in [5.74, 6) is -3.24. The molecule has 0 aliphatic carbocycles. The Kier molecular flexibility index (Phi) is 9.24. The fraction of sp³-hybridized carbons (Fsp3) is 0.207. The molecule has 1 heterocycles. The number of fused-ring (bicyclic) bond motifs is 1. The molecule has 0 bridgehead atoms. The number of hydrogen-bond acceptors (Lipinski definition) is 4. The number of amides is 1. The Morgan fingerprint density at radius 2 is 1.62 bits per heavy atom. The van der Waals surface area contributed by atoms with Crippen molar-refractivity contribution < 1.29 is 27.9 Å². The Bertz CT molecular complexity index is 1570. The number of halogens is 4. The molecule has 0 radical (unpaired) electrons. The third-order valence-corrected chi connectivity index (χ3v) is 6.30. The monoisotopic (exact) mass is 570 g/mol. The van der Waals surface area contributed by atoms with E-state index in [1.54, 1.807) is 6.07 Å². The van der Waals surface area contributed by atoms with Crippen molar-refractivity contribution in [1.29, 1.82) is 5.26 Å². The minimum absolute atomic E-state index is 0.233. The molecule has 0 saturated carbocycles. The van der Waals surface area contributed by atoms with Crippen molar-refractivity contribution in [3.63, 3.8) is 0 Å². The Morgan fingerprint density at radius 1 is 1.00 bits per heavy atom. The predicted octanol–water partition coefficient (Wildman–Crippen LogP) is 4.64. The summed E-state index contributed by atoms with van der Waals surface area (Å²) in [5, 5.41) is 22.3. The molecule has 0 saturated heterocycles. The number of hydrogen-bond donors (Lipinski definition) is 1. The molecular formula is C29H26ClF3N4O3. The highest BCUT2D eigenvalue weighted by atomic mass is 35.5. The lowest BCUT2D eigenvalue weighted by atomic mass is 10.1. The normalized spacial score (nSPS) is 11.3. The van der Waals surface area contributed by atoms with Gasteiger partial charge in [-0.2, -0.15) is 18.4 Å². The molecule has 0 aliphatic heterocycles. The van der Waals surface area contributed by atoms with Gasteiger partial charge in [-0.05, 0) is 41.5 Å². The number of carbonyl (C=O) groups is 2. The largest absolute Gasteiger partial charge is 0.542 e. The van der Waals surface area contributed by atoms with E-state index in [-0.39, 0.29) is 5.91 Å². The van der Waals surface area contributed by atoms with E-state index in [1.165, 1.54) is 5.69 Å². The Hall–Kier alpha value is -4.33. The summed E-state index contributed by atoms with van der Waals surface area (Å²) < 4.78 is 34.2. The molecule has 208 valence electrons. The maximum atomic E-state index is 13.3. The molecule has 0 aliphatic rings. The van der Waals surface area contributed by atoms with Crippen LogP contribution in [0.1, 0.15) is 27.2 Å². The van der Waals surface area contributed by atoms with E-state index in [1.807, 2.05) is 59.2 Å². The maximum Gasteiger partial charge on any atom is 0.430 e. The molecule has 4 aromatic rings. The predicted molar refractivity (Wildman–Crippen MR) is 145 cm³/mol. The second-order valence-corrected chi connectivity index (χ2v) is 10.1. The zero-order valence-corrected chi connectivity index (χ0v) is 22.7. The molecule has 3 aromatic carbocycles. The first kappa shape index (κ1) is 30.2. The van der Waals surface area contributed by atoms with Crippen LogP contribution in [0.5, 0.6) is 0 Å². The molecular weight excluding hydrogens is 545 g/mol. The number of benzene rings is 3. The number of aliphatic carboxylic acids is 1. The molecule has 11 heteroatoms. The van der Waals surface area contributed by atoms with Crippen LogP contribution in [0.15, 0.2) is 72.8 Å². The summed E-state index contributed by atoms with van der Waals surface area (Å²) in [6.07, 6.45) is -5.19. The van der Waals surface area contributed by atoms with E-state index in [0.717, 1.165) is 26.5 Å². The number of para-hydroxylation sites is 1. The minimum Gasteiger partial charge on any atom is -0.542 e. The number of quaternary nitrogens is 1. The first-order valence-electron chi connectivity index (χ1n) is 12.0. The summed E-state index contributed by atoms with van der Waals surface area (Å²) in [6, 6.07) is 25.5. The van der Waals surface area contributed by atoms with Crippen molar-refractivity contribution in [2.75, 3.05) is 21.1 Å². The van der Waals surface area contributed by atoms with Crippen LogP contribution in [-0.4, -0.2) is 43.8 Å². The van der Waals surface area contributed by atoms with Gasteiger partial charge in [0.25, 0.3) is 5.91 Å². The van der Waals surface area contributed by atoms with Crippen molar-refractivity contribution >= 4 is 40.1 Å². The first-order valence-corrected chi connectivity index (χ1v) is 12.3. The fourth-order valence-corrected chi connectivity index (χ4v) is 4.24. The third kappa shape index (κ3) is 7.40. The van der Waals surface area contributed by atoms with Crippen LogP contribution in [0.25, 0.3) is 10.9 Å². The zero-order chi connectivity index (χ0) is 29.7.